The molecule has 2 aromatic rings. The summed E-state index contributed by atoms with van der Waals surface area (Å²) in [5.41, 5.74) is 2.39. The number of piperidine rings is 1. The molecule has 1 aliphatic heterocycles. The van der Waals surface area contributed by atoms with Crippen LogP contribution in [-0.4, -0.2) is 43.4 Å². The number of hydrogen-bond acceptors (Lipinski definition) is 4. The van der Waals surface area contributed by atoms with Crippen molar-refractivity contribution in [3.63, 3.8) is 0 Å². The molecule has 27 heavy (non-hydrogen) atoms. The van der Waals surface area contributed by atoms with Crippen LogP contribution >= 0.6 is 11.3 Å². The van der Waals surface area contributed by atoms with Gasteiger partial charge in [0.25, 0.3) is 11.8 Å². The van der Waals surface area contributed by atoms with Crippen LogP contribution in [0.2, 0.25) is 0 Å². The summed E-state index contributed by atoms with van der Waals surface area (Å²) in [6.07, 6.45) is 2.97. The van der Waals surface area contributed by atoms with Gasteiger partial charge in [0, 0.05) is 18.7 Å². The van der Waals surface area contributed by atoms with E-state index >= 15 is 0 Å². The van der Waals surface area contributed by atoms with Crippen molar-refractivity contribution in [2.24, 2.45) is 5.92 Å². The van der Waals surface area contributed by atoms with Crippen molar-refractivity contribution in [3.8, 4) is 0 Å². The van der Waals surface area contributed by atoms with Gasteiger partial charge in [0.2, 0.25) is 0 Å². The minimum Gasteiger partial charge on any atom is -0.339 e. The van der Waals surface area contributed by atoms with Gasteiger partial charge in [0.05, 0.1) is 5.56 Å². The lowest BCUT2D eigenvalue weighted by atomic mass is 9.96. The van der Waals surface area contributed by atoms with E-state index in [2.05, 4.69) is 17.6 Å². The molecule has 0 bridgehead atoms. The largest absolute Gasteiger partial charge is 0.339 e. The molecule has 2 heterocycles. The maximum absolute atomic E-state index is 12.9. The molecular weight excluding hydrogens is 358 g/mol. The van der Waals surface area contributed by atoms with Crippen molar-refractivity contribution < 1.29 is 9.59 Å². The molecule has 0 spiro atoms. The van der Waals surface area contributed by atoms with Gasteiger partial charge < -0.3 is 15.5 Å². The second kappa shape index (κ2) is 9.15. The Bertz CT molecular complexity index is 777. The van der Waals surface area contributed by atoms with Crippen molar-refractivity contribution >= 4 is 28.2 Å². The van der Waals surface area contributed by atoms with Crippen LogP contribution in [-0.2, 0) is 6.42 Å². The van der Waals surface area contributed by atoms with Crippen molar-refractivity contribution in [1.82, 2.24) is 10.2 Å². The van der Waals surface area contributed by atoms with Crippen molar-refractivity contribution in [2.75, 3.05) is 32.0 Å². The molecule has 2 N–H and O–H groups in total. The lowest BCUT2D eigenvalue weighted by molar-refractivity contribution is 0.0692. The highest BCUT2D eigenvalue weighted by Gasteiger charge is 2.25. The van der Waals surface area contributed by atoms with Crippen LogP contribution in [0.5, 0.6) is 0 Å². The molecule has 0 radical (unpaired) electrons. The fourth-order valence-corrected chi connectivity index (χ4v) is 4.21. The number of likely N-dealkylation sites (tertiary alicyclic amines) is 1. The number of carbonyl (C=O) groups excluding carboxylic acids is 2. The first-order chi connectivity index (χ1) is 13.1. The SMILES string of the molecule is CCc1ccc(C(=O)Nc2sccc2C(=O)N2CCC(CNC)CC2)cc1. The molecule has 2 amide bonds. The second-order valence-corrected chi connectivity index (χ2v) is 7.88. The summed E-state index contributed by atoms with van der Waals surface area (Å²) in [7, 11) is 1.97. The van der Waals surface area contributed by atoms with E-state index in [4.69, 9.17) is 0 Å². The van der Waals surface area contributed by atoms with E-state index in [1.54, 1.807) is 0 Å². The Balaban J connectivity index is 1.65. The maximum atomic E-state index is 12.9. The summed E-state index contributed by atoms with van der Waals surface area (Å²) < 4.78 is 0. The standard InChI is InChI=1S/C21H27N3O2S/c1-3-15-4-6-17(7-5-15)19(25)23-20-18(10-13-27-20)21(26)24-11-8-16(9-12-24)14-22-2/h4-7,10,13,16,22H,3,8-9,11-12,14H2,1-2H3,(H,23,25). The highest BCUT2D eigenvalue weighted by molar-refractivity contribution is 7.14. The quantitative estimate of drug-likeness (QED) is 0.798. The maximum Gasteiger partial charge on any atom is 0.256 e. The molecule has 3 rings (SSSR count). The van der Waals surface area contributed by atoms with Crippen LogP contribution in [0.4, 0.5) is 5.00 Å². The number of aryl methyl sites for hydroxylation is 1. The van der Waals surface area contributed by atoms with Crippen molar-refractivity contribution in [1.29, 1.82) is 0 Å². The highest BCUT2D eigenvalue weighted by atomic mass is 32.1. The molecular formula is C21H27N3O2S. The molecule has 1 aliphatic rings. The van der Waals surface area contributed by atoms with Gasteiger partial charge in [-0.25, -0.2) is 0 Å². The molecule has 0 aliphatic carbocycles. The predicted molar refractivity (Wildman–Crippen MR) is 111 cm³/mol. The molecule has 5 nitrogen and oxygen atoms in total. The van der Waals surface area contributed by atoms with Crippen molar-refractivity contribution in [3.05, 3.63) is 52.4 Å². The average molecular weight is 386 g/mol. The van der Waals surface area contributed by atoms with Gasteiger partial charge in [0.1, 0.15) is 5.00 Å². The third-order valence-electron chi connectivity index (χ3n) is 5.14. The van der Waals surface area contributed by atoms with Crippen LogP contribution in [0.25, 0.3) is 0 Å². The molecule has 6 heteroatoms. The number of amides is 2. The smallest absolute Gasteiger partial charge is 0.256 e. The highest BCUT2D eigenvalue weighted by Crippen LogP contribution is 2.27. The zero-order valence-electron chi connectivity index (χ0n) is 16.0. The Morgan fingerprint density at radius 2 is 1.85 bits per heavy atom. The molecule has 1 aromatic carbocycles. The third kappa shape index (κ3) is 4.76. The lowest BCUT2D eigenvalue weighted by Gasteiger charge is -2.32. The topological polar surface area (TPSA) is 61.4 Å². The summed E-state index contributed by atoms with van der Waals surface area (Å²) in [5.74, 6) is 0.462. The van der Waals surface area contributed by atoms with E-state index in [1.807, 2.05) is 47.7 Å². The zero-order chi connectivity index (χ0) is 19.2. The van der Waals surface area contributed by atoms with E-state index in [-0.39, 0.29) is 11.8 Å². The van der Waals surface area contributed by atoms with E-state index in [9.17, 15) is 9.59 Å². The first-order valence-electron chi connectivity index (χ1n) is 9.54. The number of nitrogens with one attached hydrogen (secondary N) is 2. The zero-order valence-corrected chi connectivity index (χ0v) is 16.8. The molecule has 1 fully saturated rings. The molecule has 144 valence electrons. The van der Waals surface area contributed by atoms with Crippen LogP contribution in [0.15, 0.2) is 35.7 Å². The number of thiophene rings is 1. The van der Waals surface area contributed by atoms with Crippen molar-refractivity contribution in [2.45, 2.75) is 26.2 Å². The van der Waals surface area contributed by atoms with E-state index in [1.165, 1.54) is 16.9 Å². The van der Waals surface area contributed by atoms with Gasteiger partial charge in [0.15, 0.2) is 0 Å². The van der Waals surface area contributed by atoms with E-state index in [0.717, 1.165) is 38.9 Å². The van der Waals surface area contributed by atoms with Crippen LogP contribution in [0, 0.1) is 5.92 Å². The van der Waals surface area contributed by atoms with Gasteiger partial charge in [-0.3, -0.25) is 9.59 Å². The summed E-state index contributed by atoms with van der Waals surface area (Å²) in [4.78, 5) is 27.4. The minimum atomic E-state index is -0.179. The van der Waals surface area contributed by atoms with Gasteiger partial charge in [-0.15, -0.1) is 11.3 Å². The number of rotatable bonds is 6. The second-order valence-electron chi connectivity index (χ2n) is 6.96. The Hall–Kier alpha value is -2.18. The van der Waals surface area contributed by atoms with Gasteiger partial charge in [-0.2, -0.15) is 0 Å². The van der Waals surface area contributed by atoms with Gasteiger partial charge >= 0.3 is 0 Å². The fourth-order valence-electron chi connectivity index (χ4n) is 3.44. The Morgan fingerprint density at radius 1 is 1.15 bits per heavy atom. The number of hydrogen-bond donors (Lipinski definition) is 2. The summed E-state index contributed by atoms with van der Waals surface area (Å²) >= 11 is 1.39. The van der Waals surface area contributed by atoms with E-state index in [0.29, 0.717) is 22.0 Å². The van der Waals surface area contributed by atoms with E-state index < -0.39 is 0 Å². The predicted octanol–water partition coefficient (Wildman–Crippen LogP) is 3.63. The molecule has 1 saturated heterocycles. The number of carbonyl (C=O) groups is 2. The normalized spacial score (nSPS) is 15.0. The molecule has 0 atom stereocenters. The van der Waals surface area contributed by atoms with Crippen LogP contribution < -0.4 is 10.6 Å². The van der Waals surface area contributed by atoms with Gasteiger partial charge in [-0.1, -0.05) is 19.1 Å². The third-order valence-corrected chi connectivity index (χ3v) is 5.97. The average Bonchev–Trinajstić information content (AvgIpc) is 3.16. The molecule has 0 unspecified atom stereocenters. The fraction of sp³-hybridized carbons (Fsp3) is 0.429. The Kier molecular flexibility index (Phi) is 6.63. The minimum absolute atomic E-state index is 0.00999. The first-order valence-corrected chi connectivity index (χ1v) is 10.4. The number of anilines is 1. The number of benzene rings is 1. The first kappa shape index (κ1) is 19.6. The Labute approximate surface area is 164 Å². The van der Waals surface area contributed by atoms with Crippen LogP contribution in [0.1, 0.15) is 46.0 Å². The summed E-state index contributed by atoms with van der Waals surface area (Å²) in [6, 6.07) is 9.39. The lowest BCUT2D eigenvalue weighted by Crippen LogP contribution is -2.40. The number of nitrogens with zero attached hydrogens (tertiary/aromatic N) is 1. The Morgan fingerprint density at radius 3 is 2.48 bits per heavy atom. The van der Waals surface area contributed by atoms with Crippen LogP contribution in [0.3, 0.4) is 0 Å². The summed E-state index contributed by atoms with van der Waals surface area (Å²) in [6.45, 7) is 4.62. The monoisotopic (exact) mass is 385 g/mol. The summed E-state index contributed by atoms with van der Waals surface area (Å²) in [5, 5.41) is 8.61. The molecule has 0 saturated carbocycles. The molecule has 1 aromatic heterocycles. The van der Waals surface area contributed by atoms with Gasteiger partial charge in [-0.05, 0) is 67.9 Å².